The number of aryl methyl sites for hydroxylation is 1. The lowest BCUT2D eigenvalue weighted by Crippen LogP contribution is -1.95. The Kier molecular flexibility index (Phi) is 1.85. The third kappa shape index (κ3) is 1.28. The zero-order valence-electron chi connectivity index (χ0n) is 7.68. The molecule has 5 nitrogen and oxygen atoms in total. The second-order valence-electron chi connectivity index (χ2n) is 3.07. The van der Waals surface area contributed by atoms with E-state index in [0.717, 1.165) is 5.56 Å². The predicted molar refractivity (Wildman–Crippen MR) is 52.2 cm³/mol. The van der Waals surface area contributed by atoms with Crippen molar-refractivity contribution < 1.29 is 5.11 Å². The molecule has 0 saturated heterocycles. The van der Waals surface area contributed by atoms with Crippen LogP contribution in [0, 0.1) is 6.92 Å². The molecule has 5 heteroatoms. The molecule has 2 aromatic rings. The highest BCUT2D eigenvalue weighted by atomic mass is 16.3. The van der Waals surface area contributed by atoms with Gasteiger partial charge in [-0.25, -0.2) is 0 Å². The van der Waals surface area contributed by atoms with Gasteiger partial charge in [0, 0.05) is 5.69 Å². The van der Waals surface area contributed by atoms with Crippen molar-refractivity contribution >= 4 is 5.69 Å². The van der Waals surface area contributed by atoms with E-state index in [1.165, 1.54) is 12.7 Å². The van der Waals surface area contributed by atoms with E-state index in [2.05, 4.69) is 10.2 Å². The van der Waals surface area contributed by atoms with Gasteiger partial charge in [-0.3, -0.25) is 4.57 Å². The van der Waals surface area contributed by atoms with Crippen molar-refractivity contribution in [2.75, 3.05) is 5.73 Å². The van der Waals surface area contributed by atoms with E-state index in [1.807, 2.05) is 0 Å². The van der Waals surface area contributed by atoms with Gasteiger partial charge in [-0.1, -0.05) is 0 Å². The number of anilines is 1. The summed E-state index contributed by atoms with van der Waals surface area (Å²) in [5, 5.41) is 17.1. The number of nitrogens with zero attached hydrogens (tertiary/aromatic N) is 3. The third-order valence-electron chi connectivity index (χ3n) is 2.00. The quantitative estimate of drug-likeness (QED) is 0.516. The summed E-state index contributed by atoms with van der Waals surface area (Å²) in [4.78, 5) is 0. The number of phenols is 1. The van der Waals surface area contributed by atoms with Crippen LogP contribution in [0.3, 0.4) is 0 Å². The lowest BCUT2D eigenvalue weighted by atomic mass is 10.1. The molecular formula is C9H10N4O. The summed E-state index contributed by atoms with van der Waals surface area (Å²) in [6.07, 6.45) is 3.02. The van der Waals surface area contributed by atoms with Gasteiger partial charge in [0.25, 0.3) is 0 Å². The number of aromatic hydroxyl groups is 1. The van der Waals surface area contributed by atoms with Crippen molar-refractivity contribution in [2.24, 2.45) is 0 Å². The average molecular weight is 190 g/mol. The average Bonchev–Trinajstić information content (AvgIpc) is 2.63. The Bertz CT molecular complexity index is 450. The molecule has 1 aromatic heterocycles. The summed E-state index contributed by atoms with van der Waals surface area (Å²) in [7, 11) is 0. The zero-order valence-corrected chi connectivity index (χ0v) is 7.68. The molecule has 72 valence electrons. The first-order chi connectivity index (χ1) is 6.68. The van der Waals surface area contributed by atoms with Crippen molar-refractivity contribution in [3.05, 3.63) is 30.4 Å². The molecule has 0 unspecified atom stereocenters. The number of phenolic OH excluding ortho intramolecular Hbond substituents is 1. The summed E-state index contributed by atoms with van der Waals surface area (Å²) in [6, 6.07) is 3.38. The molecule has 14 heavy (non-hydrogen) atoms. The van der Waals surface area contributed by atoms with Crippen molar-refractivity contribution in [1.82, 2.24) is 14.8 Å². The highest BCUT2D eigenvalue weighted by Crippen LogP contribution is 2.27. The van der Waals surface area contributed by atoms with E-state index < -0.39 is 0 Å². The van der Waals surface area contributed by atoms with E-state index in [0.29, 0.717) is 11.4 Å². The van der Waals surface area contributed by atoms with Gasteiger partial charge in [0.05, 0.1) is 5.69 Å². The van der Waals surface area contributed by atoms with Gasteiger partial charge in [0.1, 0.15) is 18.4 Å². The first-order valence-corrected chi connectivity index (χ1v) is 4.12. The molecule has 0 aliphatic heterocycles. The number of nitrogen functional groups attached to an aromatic ring is 1. The van der Waals surface area contributed by atoms with Crippen LogP contribution in [-0.2, 0) is 0 Å². The smallest absolute Gasteiger partial charge is 0.142 e. The summed E-state index contributed by atoms with van der Waals surface area (Å²) in [5.41, 5.74) is 7.59. The van der Waals surface area contributed by atoms with Crippen LogP contribution >= 0.6 is 0 Å². The molecule has 0 saturated carbocycles. The molecule has 0 bridgehead atoms. The second kappa shape index (κ2) is 3.02. The Morgan fingerprint density at radius 3 is 2.57 bits per heavy atom. The maximum absolute atomic E-state index is 9.76. The number of rotatable bonds is 1. The highest BCUT2D eigenvalue weighted by molar-refractivity contribution is 5.59. The minimum Gasteiger partial charge on any atom is -0.505 e. The summed E-state index contributed by atoms with van der Waals surface area (Å²) in [5.74, 6) is 0.194. The fraction of sp³-hybridized carbons (Fsp3) is 0.111. The Morgan fingerprint density at radius 2 is 1.93 bits per heavy atom. The monoisotopic (exact) mass is 190 g/mol. The van der Waals surface area contributed by atoms with Crippen LogP contribution in [0.2, 0.25) is 0 Å². The second-order valence-corrected chi connectivity index (χ2v) is 3.07. The lowest BCUT2D eigenvalue weighted by molar-refractivity contribution is 0.468. The molecule has 0 atom stereocenters. The minimum absolute atomic E-state index is 0.194. The van der Waals surface area contributed by atoms with E-state index in [9.17, 15) is 5.11 Å². The van der Waals surface area contributed by atoms with Gasteiger partial charge in [-0.15, -0.1) is 10.2 Å². The molecule has 0 spiro atoms. The Hall–Kier alpha value is -2.04. The molecule has 2 rings (SSSR count). The maximum atomic E-state index is 9.76. The van der Waals surface area contributed by atoms with Gasteiger partial charge >= 0.3 is 0 Å². The van der Waals surface area contributed by atoms with Crippen LogP contribution in [0.4, 0.5) is 5.69 Å². The Labute approximate surface area is 80.8 Å². The highest BCUT2D eigenvalue weighted by Gasteiger charge is 2.07. The number of hydrogen-bond acceptors (Lipinski definition) is 4. The maximum Gasteiger partial charge on any atom is 0.142 e. The van der Waals surface area contributed by atoms with Crippen LogP contribution in [0.1, 0.15) is 5.56 Å². The molecular weight excluding hydrogens is 180 g/mol. The van der Waals surface area contributed by atoms with Crippen LogP contribution in [-0.4, -0.2) is 19.9 Å². The standard InChI is InChI=1S/C9H10N4O/c1-6-2-7(10)3-8(9(6)14)13-4-11-12-5-13/h2-5,14H,10H2,1H3. The fourth-order valence-electron chi connectivity index (χ4n) is 1.31. The molecule has 0 aliphatic carbocycles. The van der Waals surface area contributed by atoms with E-state index in [4.69, 9.17) is 5.73 Å². The van der Waals surface area contributed by atoms with Crippen molar-refractivity contribution in [2.45, 2.75) is 6.92 Å². The molecule has 0 amide bonds. The first-order valence-electron chi connectivity index (χ1n) is 4.12. The number of nitrogens with two attached hydrogens (primary N) is 1. The number of aromatic nitrogens is 3. The van der Waals surface area contributed by atoms with Crippen LogP contribution < -0.4 is 5.73 Å². The molecule has 0 aliphatic rings. The van der Waals surface area contributed by atoms with Gasteiger partial charge in [-0.05, 0) is 24.6 Å². The normalized spacial score (nSPS) is 10.4. The Balaban J connectivity index is 2.64. The van der Waals surface area contributed by atoms with Crippen molar-refractivity contribution in [3.63, 3.8) is 0 Å². The number of benzene rings is 1. The van der Waals surface area contributed by atoms with Gasteiger partial charge in [-0.2, -0.15) is 0 Å². The molecule has 1 heterocycles. The minimum atomic E-state index is 0.194. The van der Waals surface area contributed by atoms with Gasteiger partial charge in [0.15, 0.2) is 0 Å². The third-order valence-corrected chi connectivity index (χ3v) is 2.00. The lowest BCUT2D eigenvalue weighted by Gasteiger charge is -2.08. The van der Waals surface area contributed by atoms with Crippen LogP contribution in [0.15, 0.2) is 24.8 Å². The fourth-order valence-corrected chi connectivity index (χ4v) is 1.31. The molecule has 0 radical (unpaired) electrons. The molecule has 3 N–H and O–H groups in total. The molecule has 0 fully saturated rings. The largest absolute Gasteiger partial charge is 0.505 e. The topological polar surface area (TPSA) is 77.0 Å². The summed E-state index contributed by atoms with van der Waals surface area (Å²) < 4.78 is 1.61. The van der Waals surface area contributed by atoms with Gasteiger partial charge in [0.2, 0.25) is 0 Å². The van der Waals surface area contributed by atoms with E-state index in [1.54, 1.807) is 23.6 Å². The first kappa shape index (κ1) is 8.55. The van der Waals surface area contributed by atoms with Crippen molar-refractivity contribution in [3.8, 4) is 11.4 Å². The van der Waals surface area contributed by atoms with Gasteiger partial charge < -0.3 is 10.8 Å². The van der Waals surface area contributed by atoms with Crippen molar-refractivity contribution in [1.29, 1.82) is 0 Å². The van der Waals surface area contributed by atoms with Crippen LogP contribution in [0.25, 0.3) is 5.69 Å². The summed E-state index contributed by atoms with van der Waals surface area (Å²) >= 11 is 0. The van der Waals surface area contributed by atoms with E-state index in [-0.39, 0.29) is 5.75 Å². The zero-order chi connectivity index (χ0) is 10.1. The van der Waals surface area contributed by atoms with Crippen LogP contribution in [0.5, 0.6) is 5.75 Å². The molecule has 1 aromatic carbocycles. The van der Waals surface area contributed by atoms with E-state index >= 15 is 0 Å². The SMILES string of the molecule is Cc1cc(N)cc(-n2cnnc2)c1O. The predicted octanol–water partition coefficient (Wildman–Crippen LogP) is 0.864. The summed E-state index contributed by atoms with van der Waals surface area (Å²) in [6.45, 7) is 1.79. The Morgan fingerprint density at radius 1 is 1.29 bits per heavy atom. The number of hydrogen-bond donors (Lipinski definition) is 2.